The van der Waals surface area contributed by atoms with Crippen molar-refractivity contribution in [3.8, 4) is 0 Å². The maximum Gasteiger partial charge on any atom is 0.262 e. The molecule has 4 rings (SSSR count). The highest BCUT2D eigenvalue weighted by Gasteiger charge is 2.14. The Morgan fingerprint density at radius 1 is 1.26 bits per heavy atom. The molecule has 8 heteroatoms. The predicted octanol–water partition coefficient (Wildman–Crippen LogP) is 4.15. The lowest BCUT2D eigenvalue weighted by atomic mass is 10.2. The minimum atomic E-state index is -0.00540. The van der Waals surface area contributed by atoms with Crippen molar-refractivity contribution in [3.05, 3.63) is 63.4 Å². The zero-order valence-corrected chi connectivity index (χ0v) is 17.4. The summed E-state index contributed by atoms with van der Waals surface area (Å²) in [6.45, 7) is 4.82. The van der Waals surface area contributed by atoms with Gasteiger partial charge in [0.05, 0.1) is 16.6 Å². The molecule has 0 radical (unpaired) electrons. The molecule has 0 saturated heterocycles. The Balaban J connectivity index is 1.72. The fraction of sp³-hybridized carbons (Fsp3) is 0.263. The Bertz CT molecular complexity index is 1150. The van der Waals surface area contributed by atoms with Gasteiger partial charge in [0.25, 0.3) is 5.56 Å². The highest BCUT2D eigenvalue weighted by Crippen LogP contribution is 2.24. The van der Waals surface area contributed by atoms with E-state index in [-0.39, 0.29) is 5.56 Å². The molecule has 4 aromatic rings. The van der Waals surface area contributed by atoms with Crippen LogP contribution in [0.4, 0.5) is 0 Å². The van der Waals surface area contributed by atoms with E-state index in [1.54, 1.807) is 10.8 Å². The molecule has 0 bridgehead atoms. The van der Waals surface area contributed by atoms with E-state index in [2.05, 4.69) is 39.7 Å². The molecule has 0 aliphatic rings. The van der Waals surface area contributed by atoms with E-state index in [9.17, 15) is 4.79 Å². The third-order valence-corrected chi connectivity index (χ3v) is 5.57. The largest absolute Gasteiger partial charge is 0.291 e. The summed E-state index contributed by atoms with van der Waals surface area (Å²) in [5, 5.41) is 1.35. The first-order valence-electron chi connectivity index (χ1n) is 8.63. The normalized spacial score (nSPS) is 11.7. The molecule has 6 nitrogen and oxygen atoms in total. The summed E-state index contributed by atoms with van der Waals surface area (Å²) < 4.78 is 4.54. The van der Waals surface area contributed by atoms with Crippen LogP contribution >= 0.6 is 27.7 Å². The van der Waals surface area contributed by atoms with Crippen molar-refractivity contribution in [3.63, 3.8) is 0 Å². The fourth-order valence-corrected chi connectivity index (χ4v) is 4.15. The summed E-state index contributed by atoms with van der Waals surface area (Å²) in [5.74, 6) is 1.63. The highest BCUT2D eigenvalue weighted by molar-refractivity contribution is 9.10. The number of benzene rings is 1. The van der Waals surface area contributed by atoms with Gasteiger partial charge < -0.3 is 0 Å². The molecule has 0 N–H and O–H groups in total. The monoisotopic (exact) mass is 443 g/mol. The maximum absolute atomic E-state index is 13.0. The number of thioether (sulfide) groups is 1. The van der Waals surface area contributed by atoms with Gasteiger partial charge in [-0.15, -0.1) is 0 Å². The number of rotatable bonds is 5. The van der Waals surface area contributed by atoms with Crippen molar-refractivity contribution in [1.29, 1.82) is 0 Å². The van der Waals surface area contributed by atoms with Gasteiger partial charge >= 0.3 is 0 Å². The summed E-state index contributed by atoms with van der Waals surface area (Å²) in [4.78, 5) is 26.6. The van der Waals surface area contributed by atoms with E-state index >= 15 is 0 Å². The standard InChI is InChI=1S/C19H18BrN5OS/c1-12(2)9-25-17(26)15-8-13(20)4-5-16(15)23-19(25)27-11-14-10-24-7-3-6-21-18(24)22-14/h3-8,10,12H,9,11H2,1-2H3. The average Bonchev–Trinajstić information content (AvgIpc) is 3.06. The number of aromatic nitrogens is 5. The van der Waals surface area contributed by atoms with Gasteiger partial charge in [-0.05, 0) is 30.2 Å². The van der Waals surface area contributed by atoms with Crippen molar-refractivity contribution >= 4 is 44.4 Å². The number of halogens is 1. The maximum atomic E-state index is 13.0. The van der Waals surface area contributed by atoms with Crippen LogP contribution in [0, 0.1) is 5.92 Å². The van der Waals surface area contributed by atoms with Gasteiger partial charge in [-0.2, -0.15) is 0 Å². The van der Waals surface area contributed by atoms with Crippen molar-refractivity contribution in [2.45, 2.75) is 31.3 Å². The average molecular weight is 444 g/mol. The van der Waals surface area contributed by atoms with Crippen LogP contribution in [-0.2, 0) is 12.3 Å². The molecule has 0 amide bonds. The molecule has 3 heterocycles. The second-order valence-corrected chi connectivity index (χ2v) is 8.57. The van der Waals surface area contributed by atoms with Crippen molar-refractivity contribution in [2.75, 3.05) is 0 Å². The van der Waals surface area contributed by atoms with Crippen molar-refractivity contribution in [1.82, 2.24) is 23.9 Å². The summed E-state index contributed by atoms with van der Waals surface area (Å²) in [6, 6.07) is 7.49. The van der Waals surface area contributed by atoms with E-state index in [0.717, 1.165) is 10.2 Å². The van der Waals surface area contributed by atoms with Crippen LogP contribution in [0.3, 0.4) is 0 Å². The van der Waals surface area contributed by atoms with Crippen LogP contribution in [0.2, 0.25) is 0 Å². The molecule has 0 saturated carbocycles. The third kappa shape index (κ3) is 3.77. The van der Waals surface area contributed by atoms with E-state index < -0.39 is 0 Å². The molecular weight excluding hydrogens is 426 g/mol. The van der Waals surface area contributed by atoms with Gasteiger partial charge in [-0.3, -0.25) is 13.8 Å². The van der Waals surface area contributed by atoms with Gasteiger partial charge in [0.15, 0.2) is 5.16 Å². The number of imidazole rings is 1. The first-order valence-corrected chi connectivity index (χ1v) is 10.4. The van der Waals surface area contributed by atoms with E-state index in [4.69, 9.17) is 4.98 Å². The van der Waals surface area contributed by atoms with Gasteiger partial charge in [0.1, 0.15) is 0 Å². The van der Waals surface area contributed by atoms with Gasteiger partial charge in [-0.25, -0.2) is 15.0 Å². The zero-order chi connectivity index (χ0) is 19.0. The molecule has 27 heavy (non-hydrogen) atoms. The lowest BCUT2D eigenvalue weighted by molar-refractivity contribution is 0.475. The predicted molar refractivity (Wildman–Crippen MR) is 111 cm³/mol. The van der Waals surface area contributed by atoms with Gasteiger partial charge in [0, 0.05) is 35.4 Å². The zero-order valence-electron chi connectivity index (χ0n) is 15.0. The second-order valence-electron chi connectivity index (χ2n) is 6.71. The van der Waals surface area contributed by atoms with E-state index in [1.807, 2.05) is 41.1 Å². The molecule has 0 unspecified atom stereocenters. The minimum absolute atomic E-state index is 0.00540. The number of hydrogen-bond donors (Lipinski definition) is 0. The lowest BCUT2D eigenvalue weighted by Gasteiger charge is -2.14. The second kappa shape index (κ2) is 7.44. The van der Waals surface area contributed by atoms with Crippen LogP contribution in [0.15, 0.2) is 57.3 Å². The minimum Gasteiger partial charge on any atom is -0.291 e. The molecule has 0 fully saturated rings. The highest BCUT2D eigenvalue weighted by atomic mass is 79.9. The summed E-state index contributed by atoms with van der Waals surface area (Å²) >= 11 is 4.97. The number of nitrogens with zero attached hydrogens (tertiary/aromatic N) is 5. The third-order valence-electron chi connectivity index (χ3n) is 4.06. The Morgan fingerprint density at radius 2 is 2.11 bits per heavy atom. The molecule has 0 aliphatic heterocycles. The summed E-state index contributed by atoms with van der Waals surface area (Å²) in [7, 11) is 0. The Labute approximate surface area is 168 Å². The SMILES string of the molecule is CC(C)Cn1c(SCc2cn3cccnc3n2)nc2ccc(Br)cc2c1=O. The topological polar surface area (TPSA) is 65.1 Å². The van der Waals surface area contributed by atoms with Crippen LogP contribution in [0.1, 0.15) is 19.5 Å². The van der Waals surface area contributed by atoms with Crippen molar-refractivity contribution in [2.24, 2.45) is 5.92 Å². The quantitative estimate of drug-likeness (QED) is 0.342. The molecule has 0 atom stereocenters. The van der Waals surface area contributed by atoms with Crippen LogP contribution in [0.5, 0.6) is 0 Å². The summed E-state index contributed by atoms with van der Waals surface area (Å²) in [6.07, 6.45) is 5.60. The molecule has 3 aromatic heterocycles. The molecular formula is C19H18BrN5OS. The van der Waals surface area contributed by atoms with E-state index in [0.29, 0.717) is 40.1 Å². The Kier molecular flexibility index (Phi) is 5.01. The van der Waals surface area contributed by atoms with Crippen molar-refractivity contribution < 1.29 is 0 Å². The summed E-state index contributed by atoms with van der Waals surface area (Å²) in [5.41, 5.74) is 1.61. The molecule has 1 aromatic carbocycles. The first kappa shape index (κ1) is 18.2. The Hall–Kier alpha value is -2.19. The molecule has 0 spiro atoms. The van der Waals surface area contributed by atoms with Crippen LogP contribution < -0.4 is 5.56 Å². The smallest absolute Gasteiger partial charge is 0.262 e. The van der Waals surface area contributed by atoms with Gasteiger partial charge in [0.2, 0.25) is 5.78 Å². The number of hydrogen-bond acceptors (Lipinski definition) is 5. The van der Waals surface area contributed by atoms with Gasteiger partial charge in [-0.1, -0.05) is 41.5 Å². The molecule has 138 valence electrons. The molecule has 0 aliphatic carbocycles. The van der Waals surface area contributed by atoms with Crippen LogP contribution in [0.25, 0.3) is 16.7 Å². The number of fused-ring (bicyclic) bond motifs is 2. The first-order chi connectivity index (χ1) is 13.0. The fourth-order valence-electron chi connectivity index (χ4n) is 2.90. The van der Waals surface area contributed by atoms with Crippen LogP contribution in [-0.4, -0.2) is 23.9 Å². The lowest BCUT2D eigenvalue weighted by Crippen LogP contribution is -2.25. The Morgan fingerprint density at radius 3 is 2.89 bits per heavy atom. The van der Waals surface area contributed by atoms with E-state index in [1.165, 1.54) is 11.8 Å².